The summed E-state index contributed by atoms with van der Waals surface area (Å²) in [4.78, 5) is 11.0. The van der Waals surface area contributed by atoms with E-state index in [4.69, 9.17) is 5.73 Å². The van der Waals surface area contributed by atoms with E-state index in [9.17, 15) is 0 Å². The Kier molecular flexibility index (Phi) is 4.06. The zero-order chi connectivity index (χ0) is 13.8. The zero-order valence-electron chi connectivity index (χ0n) is 11.3. The molecule has 0 bridgehead atoms. The molecular weight excluding hydrogens is 268 g/mol. The summed E-state index contributed by atoms with van der Waals surface area (Å²) in [5.74, 6) is 2.94. The highest BCUT2D eigenvalue weighted by molar-refractivity contribution is 7.99. The van der Waals surface area contributed by atoms with Gasteiger partial charge >= 0.3 is 0 Å². The Morgan fingerprint density at radius 3 is 3.00 bits per heavy atom. The molecule has 0 aliphatic carbocycles. The summed E-state index contributed by atoms with van der Waals surface area (Å²) >= 11 is 1.97. The molecule has 1 aliphatic heterocycles. The highest BCUT2D eigenvalue weighted by Crippen LogP contribution is 2.14. The number of hydrogen-bond acceptors (Lipinski definition) is 3. The molecule has 104 valence electrons. The third-order valence-electron chi connectivity index (χ3n) is 3.43. The summed E-state index contributed by atoms with van der Waals surface area (Å²) in [6.07, 6.45) is 1.81. The van der Waals surface area contributed by atoms with Crippen molar-refractivity contribution in [2.24, 2.45) is 10.7 Å². The molecule has 0 amide bonds. The minimum Gasteiger partial charge on any atom is -0.370 e. The Bertz CT molecular complexity index is 620. The molecule has 0 radical (unpaired) electrons. The number of thioether (sulfide) groups is 1. The summed E-state index contributed by atoms with van der Waals surface area (Å²) in [7, 11) is 0. The van der Waals surface area contributed by atoms with Gasteiger partial charge in [0.25, 0.3) is 0 Å². The van der Waals surface area contributed by atoms with Gasteiger partial charge in [0.05, 0.1) is 12.1 Å². The van der Waals surface area contributed by atoms with Crippen LogP contribution in [-0.2, 0) is 6.54 Å². The number of guanidine groups is 1. The average molecular weight is 286 g/mol. The first-order chi connectivity index (χ1) is 9.83. The van der Waals surface area contributed by atoms with Gasteiger partial charge in [-0.2, -0.15) is 11.8 Å². The number of benzene rings is 1. The van der Waals surface area contributed by atoms with Gasteiger partial charge in [0.15, 0.2) is 5.96 Å². The van der Waals surface area contributed by atoms with Gasteiger partial charge in [-0.1, -0.05) is 12.1 Å². The quantitative estimate of drug-likeness (QED) is 0.678. The highest BCUT2D eigenvalue weighted by atomic mass is 32.2. The zero-order valence-corrected chi connectivity index (χ0v) is 12.1. The number of aromatic nitrogens is 1. The van der Waals surface area contributed by atoms with Crippen molar-refractivity contribution in [1.29, 1.82) is 0 Å². The maximum Gasteiger partial charge on any atom is 0.191 e. The third-order valence-corrected chi connectivity index (χ3v) is 4.37. The van der Waals surface area contributed by atoms with Crippen LogP contribution in [0.4, 0.5) is 0 Å². The second-order valence-corrected chi connectivity index (χ2v) is 6.03. The molecule has 1 fully saturated rings. The minimum atomic E-state index is 0.625. The molecule has 0 atom stereocenters. The molecule has 0 saturated carbocycles. The van der Waals surface area contributed by atoms with Crippen molar-refractivity contribution < 1.29 is 0 Å². The van der Waals surface area contributed by atoms with Crippen LogP contribution in [0.1, 0.15) is 5.56 Å². The van der Waals surface area contributed by atoms with Gasteiger partial charge in [-0.05, 0) is 23.8 Å². The number of hydrogen-bond donors (Lipinski definition) is 1. The van der Waals surface area contributed by atoms with Crippen LogP contribution < -0.4 is 5.73 Å². The van der Waals surface area contributed by atoms with Gasteiger partial charge in [-0.25, -0.2) is 4.99 Å². The Morgan fingerprint density at radius 1 is 1.30 bits per heavy atom. The first kappa shape index (κ1) is 13.2. The predicted molar refractivity (Wildman–Crippen MR) is 86.0 cm³/mol. The molecule has 1 aliphatic rings. The van der Waals surface area contributed by atoms with Crippen LogP contribution in [0.3, 0.4) is 0 Å². The SMILES string of the molecule is NC(=NCc1ccc2ncccc2c1)N1CCSCC1. The van der Waals surface area contributed by atoms with Crippen LogP contribution in [0.5, 0.6) is 0 Å². The summed E-state index contributed by atoms with van der Waals surface area (Å²) in [5.41, 5.74) is 8.24. The van der Waals surface area contributed by atoms with Crippen molar-refractivity contribution in [1.82, 2.24) is 9.88 Å². The van der Waals surface area contributed by atoms with E-state index in [1.807, 2.05) is 30.1 Å². The van der Waals surface area contributed by atoms with Crippen molar-refractivity contribution in [2.75, 3.05) is 24.6 Å². The van der Waals surface area contributed by atoms with Crippen molar-refractivity contribution in [3.8, 4) is 0 Å². The number of rotatable bonds is 2. The fourth-order valence-corrected chi connectivity index (χ4v) is 3.19. The lowest BCUT2D eigenvalue weighted by Crippen LogP contribution is -2.42. The first-order valence-corrected chi connectivity index (χ1v) is 7.95. The molecule has 0 unspecified atom stereocenters. The van der Waals surface area contributed by atoms with E-state index in [0.717, 1.165) is 35.5 Å². The number of nitrogens with zero attached hydrogens (tertiary/aromatic N) is 3. The predicted octanol–water partition coefficient (Wildman–Crippen LogP) is 2.10. The third kappa shape index (κ3) is 3.04. The Morgan fingerprint density at radius 2 is 2.15 bits per heavy atom. The second-order valence-electron chi connectivity index (χ2n) is 4.80. The van der Waals surface area contributed by atoms with Gasteiger partial charge in [-0.3, -0.25) is 4.98 Å². The normalized spacial score (nSPS) is 16.6. The van der Waals surface area contributed by atoms with E-state index >= 15 is 0 Å². The Balaban J connectivity index is 1.72. The molecule has 1 aromatic carbocycles. The van der Waals surface area contributed by atoms with E-state index in [2.05, 4.69) is 33.1 Å². The first-order valence-electron chi connectivity index (χ1n) is 6.79. The lowest BCUT2D eigenvalue weighted by molar-refractivity contribution is 0.455. The van der Waals surface area contributed by atoms with Gasteiger partial charge in [0, 0.05) is 36.2 Å². The number of fused-ring (bicyclic) bond motifs is 1. The molecule has 4 nitrogen and oxygen atoms in total. The van der Waals surface area contributed by atoms with Crippen LogP contribution in [0, 0.1) is 0 Å². The summed E-state index contributed by atoms with van der Waals surface area (Å²) in [6.45, 7) is 2.63. The fourth-order valence-electron chi connectivity index (χ4n) is 2.29. The maximum atomic E-state index is 6.06. The highest BCUT2D eigenvalue weighted by Gasteiger charge is 2.11. The minimum absolute atomic E-state index is 0.625. The average Bonchev–Trinajstić information content (AvgIpc) is 2.53. The lowest BCUT2D eigenvalue weighted by atomic mass is 10.1. The van der Waals surface area contributed by atoms with Crippen LogP contribution >= 0.6 is 11.8 Å². The number of nitrogens with two attached hydrogens (primary N) is 1. The Hall–Kier alpha value is -1.75. The van der Waals surface area contributed by atoms with Gasteiger partial charge in [-0.15, -0.1) is 0 Å². The topological polar surface area (TPSA) is 54.5 Å². The van der Waals surface area contributed by atoms with E-state index in [1.165, 1.54) is 5.56 Å². The maximum absolute atomic E-state index is 6.06. The summed E-state index contributed by atoms with van der Waals surface area (Å²) in [5, 5.41) is 1.15. The van der Waals surface area contributed by atoms with E-state index in [0.29, 0.717) is 12.5 Å². The monoisotopic (exact) mass is 286 g/mol. The van der Waals surface area contributed by atoms with Gasteiger partial charge in [0.1, 0.15) is 0 Å². The fraction of sp³-hybridized carbons (Fsp3) is 0.333. The largest absolute Gasteiger partial charge is 0.370 e. The smallest absolute Gasteiger partial charge is 0.191 e. The van der Waals surface area contributed by atoms with Crippen molar-refractivity contribution in [2.45, 2.75) is 6.54 Å². The summed E-state index contributed by atoms with van der Waals surface area (Å²) < 4.78 is 0. The van der Waals surface area contributed by atoms with E-state index in [1.54, 1.807) is 0 Å². The van der Waals surface area contributed by atoms with E-state index < -0.39 is 0 Å². The molecule has 2 aromatic rings. The van der Waals surface area contributed by atoms with Crippen LogP contribution in [0.2, 0.25) is 0 Å². The van der Waals surface area contributed by atoms with Crippen LogP contribution in [0.25, 0.3) is 10.9 Å². The second kappa shape index (κ2) is 6.13. The van der Waals surface area contributed by atoms with Gasteiger partial charge < -0.3 is 10.6 Å². The summed E-state index contributed by atoms with van der Waals surface area (Å²) in [6, 6.07) is 10.3. The Labute approximate surface area is 123 Å². The number of pyridine rings is 1. The molecule has 1 aromatic heterocycles. The molecule has 1 saturated heterocycles. The van der Waals surface area contributed by atoms with Gasteiger partial charge in [0.2, 0.25) is 0 Å². The van der Waals surface area contributed by atoms with Crippen molar-refractivity contribution in [3.63, 3.8) is 0 Å². The molecule has 20 heavy (non-hydrogen) atoms. The number of aliphatic imine (C=N–C) groups is 1. The van der Waals surface area contributed by atoms with Crippen LogP contribution in [0.15, 0.2) is 41.5 Å². The molecule has 0 spiro atoms. The molecule has 2 N–H and O–H groups in total. The standard InChI is InChI=1S/C15H18N4S/c16-15(19-6-8-20-9-7-19)18-11-12-3-4-14-13(10-12)2-1-5-17-14/h1-5,10H,6-9,11H2,(H2,16,18). The molecule has 5 heteroatoms. The van der Waals surface area contributed by atoms with Crippen LogP contribution in [-0.4, -0.2) is 40.4 Å². The molecule has 2 heterocycles. The molecule has 3 rings (SSSR count). The van der Waals surface area contributed by atoms with Crippen molar-refractivity contribution in [3.05, 3.63) is 42.1 Å². The van der Waals surface area contributed by atoms with Crippen molar-refractivity contribution >= 4 is 28.6 Å². The molecular formula is C15H18N4S. The van der Waals surface area contributed by atoms with E-state index in [-0.39, 0.29) is 0 Å². The lowest BCUT2D eigenvalue weighted by Gasteiger charge is -2.27.